The molecule has 3 N–H and O–H groups in total. The van der Waals surface area contributed by atoms with Crippen molar-refractivity contribution in [2.24, 2.45) is 0 Å². The van der Waals surface area contributed by atoms with Gasteiger partial charge >= 0.3 is 0 Å². The van der Waals surface area contributed by atoms with Gasteiger partial charge in [-0.15, -0.1) is 0 Å². The van der Waals surface area contributed by atoms with Gasteiger partial charge in [0.2, 0.25) is 5.91 Å². The molecule has 0 spiro atoms. The smallest absolute Gasteiger partial charge is 0.226 e. The number of nitrogen functional groups attached to an aromatic ring is 1. The van der Waals surface area contributed by atoms with Gasteiger partial charge in [-0.3, -0.25) is 4.79 Å². The van der Waals surface area contributed by atoms with Crippen LogP contribution in [0.3, 0.4) is 0 Å². The van der Waals surface area contributed by atoms with Crippen LogP contribution in [0.25, 0.3) is 0 Å². The normalized spacial score (nSPS) is 10.4. The molecule has 0 bridgehead atoms. The van der Waals surface area contributed by atoms with Gasteiger partial charge in [0.15, 0.2) is 0 Å². The highest BCUT2D eigenvalue weighted by Crippen LogP contribution is 2.18. The molecule has 0 atom stereocenters. The fourth-order valence-corrected chi connectivity index (χ4v) is 1.56. The van der Waals surface area contributed by atoms with Crippen LogP contribution < -0.4 is 11.1 Å². The molecule has 106 valence electrons. The molecule has 0 fully saturated rings. The summed E-state index contributed by atoms with van der Waals surface area (Å²) >= 11 is 0. The van der Waals surface area contributed by atoms with Crippen LogP contribution in [0.5, 0.6) is 0 Å². The first kappa shape index (κ1) is 15.5. The molecule has 19 heavy (non-hydrogen) atoms. The van der Waals surface area contributed by atoms with Gasteiger partial charge in [-0.2, -0.15) is 0 Å². The first-order chi connectivity index (χ1) is 9.13. The summed E-state index contributed by atoms with van der Waals surface area (Å²) in [5.41, 5.74) is 8.06. The Morgan fingerprint density at radius 3 is 2.84 bits per heavy atom. The Morgan fingerprint density at radius 1 is 1.32 bits per heavy atom. The zero-order valence-electron chi connectivity index (χ0n) is 11.6. The van der Waals surface area contributed by atoms with Gasteiger partial charge in [0.25, 0.3) is 0 Å². The Bertz CT molecular complexity index is 408. The van der Waals surface area contributed by atoms with Gasteiger partial charge in [-0.05, 0) is 31.0 Å². The van der Waals surface area contributed by atoms with Gasteiger partial charge < -0.3 is 20.5 Å². The van der Waals surface area contributed by atoms with Crippen molar-refractivity contribution >= 4 is 17.3 Å². The molecular formula is C14H22N2O3. The Kier molecular flexibility index (Phi) is 6.92. The minimum Gasteiger partial charge on any atom is -0.399 e. The third-order valence-corrected chi connectivity index (χ3v) is 2.65. The highest BCUT2D eigenvalue weighted by Gasteiger charge is 2.05. The molecule has 0 aliphatic carbocycles. The first-order valence-corrected chi connectivity index (χ1v) is 6.36. The number of methoxy groups -OCH3 is 1. The van der Waals surface area contributed by atoms with Crippen LogP contribution >= 0.6 is 0 Å². The van der Waals surface area contributed by atoms with Gasteiger partial charge in [0.05, 0.1) is 13.0 Å². The van der Waals surface area contributed by atoms with E-state index < -0.39 is 0 Å². The summed E-state index contributed by atoms with van der Waals surface area (Å²) in [5, 5.41) is 2.83. The van der Waals surface area contributed by atoms with Gasteiger partial charge in [-0.1, -0.05) is 6.07 Å². The van der Waals surface area contributed by atoms with Crippen molar-refractivity contribution < 1.29 is 14.3 Å². The maximum atomic E-state index is 11.7. The summed E-state index contributed by atoms with van der Waals surface area (Å²) < 4.78 is 10.2. The van der Waals surface area contributed by atoms with E-state index in [2.05, 4.69) is 5.32 Å². The number of ether oxygens (including phenoxy) is 2. The van der Waals surface area contributed by atoms with E-state index in [1.165, 1.54) is 0 Å². The molecule has 0 aliphatic heterocycles. The number of carbonyl (C=O) groups is 1. The van der Waals surface area contributed by atoms with Crippen molar-refractivity contribution in [2.75, 3.05) is 38.0 Å². The van der Waals surface area contributed by atoms with Crippen LogP contribution in [-0.2, 0) is 14.3 Å². The average Bonchev–Trinajstić information content (AvgIpc) is 2.38. The molecule has 1 amide bonds. The Balaban J connectivity index is 2.25. The van der Waals surface area contributed by atoms with E-state index in [1.807, 2.05) is 19.1 Å². The van der Waals surface area contributed by atoms with E-state index in [0.717, 1.165) is 17.7 Å². The quantitative estimate of drug-likeness (QED) is 0.557. The molecule has 0 heterocycles. The van der Waals surface area contributed by atoms with Crippen LogP contribution in [0.4, 0.5) is 11.4 Å². The van der Waals surface area contributed by atoms with Crippen molar-refractivity contribution in [3.8, 4) is 0 Å². The number of nitrogens with two attached hydrogens (primary N) is 1. The van der Waals surface area contributed by atoms with E-state index in [4.69, 9.17) is 15.2 Å². The summed E-state index contributed by atoms with van der Waals surface area (Å²) in [6.45, 7) is 3.63. The second kappa shape index (κ2) is 8.50. The molecule has 0 radical (unpaired) electrons. The molecule has 5 nitrogen and oxygen atoms in total. The monoisotopic (exact) mass is 266 g/mol. The molecule has 0 saturated heterocycles. The van der Waals surface area contributed by atoms with Crippen LogP contribution in [0, 0.1) is 6.92 Å². The predicted octanol–water partition coefficient (Wildman–Crippen LogP) is 1.96. The second-order valence-corrected chi connectivity index (χ2v) is 4.33. The fourth-order valence-electron chi connectivity index (χ4n) is 1.56. The molecule has 1 rings (SSSR count). The number of anilines is 2. The molecule has 1 aromatic carbocycles. The number of nitrogens with one attached hydrogen (secondary N) is 1. The SMILES string of the molecule is COCCCOCCC(=O)Nc1cc(N)ccc1C. The first-order valence-electron chi connectivity index (χ1n) is 6.36. The highest BCUT2D eigenvalue weighted by molar-refractivity contribution is 5.92. The highest BCUT2D eigenvalue weighted by atomic mass is 16.5. The maximum absolute atomic E-state index is 11.7. The molecule has 1 aromatic rings. The summed E-state index contributed by atoms with van der Waals surface area (Å²) in [4.78, 5) is 11.7. The van der Waals surface area contributed by atoms with Crippen molar-refractivity contribution in [1.29, 1.82) is 0 Å². The maximum Gasteiger partial charge on any atom is 0.226 e. The lowest BCUT2D eigenvalue weighted by Gasteiger charge is -2.09. The summed E-state index contributed by atoms with van der Waals surface area (Å²) in [6, 6.07) is 5.45. The predicted molar refractivity (Wildman–Crippen MR) is 76.2 cm³/mol. The molecule has 0 saturated carbocycles. The van der Waals surface area contributed by atoms with Gasteiger partial charge in [0.1, 0.15) is 0 Å². The zero-order chi connectivity index (χ0) is 14.1. The third kappa shape index (κ3) is 6.22. The molecule has 0 unspecified atom stereocenters. The minimum atomic E-state index is -0.0690. The Labute approximate surface area is 114 Å². The van der Waals surface area contributed by atoms with Crippen LogP contribution in [0.15, 0.2) is 18.2 Å². The van der Waals surface area contributed by atoms with Gasteiger partial charge in [0, 0.05) is 31.7 Å². The Morgan fingerprint density at radius 2 is 2.11 bits per heavy atom. The Hall–Kier alpha value is -1.59. The number of amides is 1. The van der Waals surface area contributed by atoms with Crippen molar-refractivity contribution in [2.45, 2.75) is 19.8 Å². The fraction of sp³-hybridized carbons (Fsp3) is 0.500. The number of carbonyl (C=O) groups excluding carboxylic acids is 1. The van der Waals surface area contributed by atoms with E-state index in [9.17, 15) is 4.79 Å². The molecule has 5 heteroatoms. The average molecular weight is 266 g/mol. The number of benzene rings is 1. The van der Waals surface area contributed by atoms with Crippen LogP contribution in [-0.4, -0.2) is 32.8 Å². The molecular weight excluding hydrogens is 244 g/mol. The van der Waals surface area contributed by atoms with Crippen LogP contribution in [0.1, 0.15) is 18.4 Å². The number of hydrogen-bond donors (Lipinski definition) is 2. The van der Waals surface area contributed by atoms with E-state index in [0.29, 0.717) is 31.9 Å². The minimum absolute atomic E-state index is 0.0690. The van der Waals surface area contributed by atoms with Crippen LogP contribution in [0.2, 0.25) is 0 Å². The standard InChI is InChI=1S/C14H22N2O3/c1-11-4-5-12(15)10-13(11)16-14(17)6-9-19-8-3-7-18-2/h4-5,10H,3,6-9,15H2,1-2H3,(H,16,17). The number of rotatable bonds is 8. The number of aryl methyl sites for hydroxylation is 1. The van der Waals surface area contributed by atoms with Crippen molar-refractivity contribution in [3.05, 3.63) is 23.8 Å². The largest absolute Gasteiger partial charge is 0.399 e. The molecule has 0 aliphatic rings. The lowest BCUT2D eigenvalue weighted by atomic mass is 10.2. The zero-order valence-corrected chi connectivity index (χ0v) is 11.6. The molecule has 0 aromatic heterocycles. The van der Waals surface area contributed by atoms with Gasteiger partial charge in [-0.25, -0.2) is 0 Å². The second-order valence-electron chi connectivity index (χ2n) is 4.33. The third-order valence-electron chi connectivity index (χ3n) is 2.65. The van der Waals surface area contributed by atoms with Crippen molar-refractivity contribution in [1.82, 2.24) is 0 Å². The lowest BCUT2D eigenvalue weighted by molar-refractivity contribution is -0.117. The summed E-state index contributed by atoms with van der Waals surface area (Å²) in [5.74, 6) is -0.0690. The topological polar surface area (TPSA) is 73.6 Å². The summed E-state index contributed by atoms with van der Waals surface area (Å²) in [7, 11) is 1.65. The number of hydrogen-bond acceptors (Lipinski definition) is 4. The van der Waals surface area contributed by atoms with Crippen molar-refractivity contribution in [3.63, 3.8) is 0 Å². The van der Waals surface area contributed by atoms with E-state index in [1.54, 1.807) is 13.2 Å². The summed E-state index contributed by atoms with van der Waals surface area (Å²) in [6.07, 6.45) is 1.17. The lowest BCUT2D eigenvalue weighted by Crippen LogP contribution is -2.15. The van der Waals surface area contributed by atoms with E-state index >= 15 is 0 Å². The van der Waals surface area contributed by atoms with E-state index in [-0.39, 0.29) is 5.91 Å².